The molecule has 0 saturated carbocycles. The van der Waals surface area contributed by atoms with E-state index < -0.39 is 0 Å². The number of benzene rings is 1. The van der Waals surface area contributed by atoms with Crippen LogP contribution in [0.5, 0.6) is 0 Å². The van der Waals surface area contributed by atoms with Crippen LogP contribution >= 0.6 is 0 Å². The maximum Gasteiger partial charge on any atom is 0.247 e. The van der Waals surface area contributed by atoms with Crippen molar-refractivity contribution in [3.63, 3.8) is 0 Å². The van der Waals surface area contributed by atoms with E-state index in [2.05, 4.69) is 0 Å². The van der Waals surface area contributed by atoms with Crippen molar-refractivity contribution < 1.29 is 9.21 Å². The van der Waals surface area contributed by atoms with E-state index in [0.717, 1.165) is 11.3 Å². The first kappa shape index (κ1) is 14.9. The van der Waals surface area contributed by atoms with Gasteiger partial charge in [-0.25, -0.2) is 0 Å². The summed E-state index contributed by atoms with van der Waals surface area (Å²) in [6.07, 6.45) is 8.67. The molecule has 0 fully saturated rings. The van der Waals surface area contributed by atoms with E-state index in [1.807, 2.05) is 61.5 Å². The number of allylic oxidation sites excluding steroid dienone is 3. The number of carbonyl (C=O) groups excluding carboxylic acids is 1. The van der Waals surface area contributed by atoms with Gasteiger partial charge < -0.3 is 9.32 Å². The molecule has 2 rings (SSSR count). The number of hydrogen-bond donors (Lipinski definition) is 0. The van der Waals surface area contributed by atoms with Crippen LogP contribution in [0.25, 0.3) is 0 Å². The van der Waals surface area contributed by atoms with Gasteiger partial charge in [0.2, 0.25) is 5.91 Å². The molecule has 1 amide bonds. The lowest BCUT2D eigenvalue weighted by atomic mass is 10.2. The fourth-order valence-corrected chi connectivity index (χ4v) is 1.96. The maximum absolute atomic E-state index is 12.3. The fourth-order valence-electron chi connectivity index (χ4n) is 1.96. The molecular weight excluding hydrogens is 262 g/mol. The SMILES string of the molecule is C/C=C/C=C/C(=O)N(Cc1ccccc1)Cc1ccco1. The lowest BCUT2D eigenvalue weighted by Gasteiger charge is -2.20. The third-order valence-electron chi connectivity index (χ3n) is 3.00. The van der Waals surface area contributed by atoms with Crippen LogP contribution in [0.3, 0.4) is 0 Å². The summed E-state index contributed by atoms with van der Waals surface area (Å²) in [4.78, 5) is 14.1. The Balaban J connectivity index is 2.11. The van der Waals surface area contributed by atoms with E-state index >= 15 is 0 Å². The molecular formula is C18H19NO2. The first-order chi connectivity index (χ1) is 10.3. The molecule has 0 radical (unpaired) electrons. The normalized spacial score (nSPS) is 11.3. The topological polar surface area (TPSA) is 33.5 Å². The second-order valence-electron chi connectivity index (χ2n) is 4.64. The number of nitrogens with zero attached hydrogens (tertiary/aromatic N) is 1. The second-order valence-corrected chi connectivity index (χ2v) is 4.64. The van der Waals surface area contributed by atoms with Gasteiger partial charge in [0.25, 0.3) is 0 Å². The van der Waals surface area contributed by atoms with Gasteiger partial charge in [0.05, 0.1) is 12.8 Å². The molecule has 108 valence electrons. The largest absolute Gasteiger partial charge is 0.467 e. The predicted octanol–water partition coefficient (Wildman–Crippen LogP) is 3.94. The van der Waals surface area contributed by atoms with Crippen LogP contribution < -0.4 is 0 Å². The average Bonchev–Trinajstić information content (AvgIpc) is 3.01. The molecule has 0 saturated heterocycles. The van der Waals surface area contributed by atoms with Gasteiger partial charge in [-0.1, -0.05) is 48.6 Å². The summed E-state index contributed by atoms with van der Waals surface area (Å²) in [5, 5.41) is 0. The zero-order valence-corrected chi connectivity index (χ0v) is 12.1. The molecule has 2 aromatic rings. The molecule has 1 heterocycles. The van der Waals surface area contributed by atoms with Gasteiger partial charge in [-0.2, -0.15) is 0 Å². The highest BCUT2D eigenvalue weighted by molar-refractivity contribution is 5.87. The average molecular weight is 281 g/mol. The lowest BCUT2D eigenvalue weighted by molar-refractivity contribution is -0.127. The number of amides is 1. The summed E-state index contributed by atoms with van der Waals surface area (Å²) < 4.78 is 5.35. The Morgan fingerprint density at radius 3 is 2.57 bits per heavy atom. The van der Waals surface area contributed by atoms with Crippen molar-refractivity contribution in [1.29, 1.82) is 0 Å². The minimum absolute atomic E-state index is 0.0339. The summed E-state index contributed by atoms with van der Waals surface area (Å²) in [7, 11) is 0. The van der Waals surface area contributed by atoms with E-state index in [1.165, 1.54) is 0 Å². The first-order valence-electron chi connectivity index (χ1n) is 6.94. The Labute approximate surface area is 125 Å². The van der Waals surface area contributed by atoms with Gasteiger partial charge in [-0.05, 0) is 24.6 Å². The third kappa shape index (κ3) is 4.80. The summed E-state index contributed by atoms with van der Waals surface area (Å²) in [5.74, 6) is 0.743. The highest BCUT2D eigenvalue weighted by Crippen LogP contribution is 2.11. The number of hydrogen-bond acceptors (Lipinski definition) is 2. The third-order valence-corrected chi connectivity index (χ3v) is 3.00. The molecule has 1 aromatic carbocycles. The number of furan rings is 1. The molecule has 21 heavy (non-hydrogen) atoms. The molecule has 0 spiro atoms. The van der Waals surface area contributed by atoms with Crippen molar-refractivity contribution in [2.45, 2.75) is 20.0 Å². The van der Waals surface area contributed by atoms with E-state index in [9.17, 15) is 4.79 Å². The van der Waals surface area contributed by atoms with E-state index in [0.29, 0.717) is 13.1 Å². The number of rotatable bonds is 6. The van der Waals surface area contributed by atoms with Crippen molar-refractivity contribution >= 4 is 5.91 Å². The van der Waals surface area contributed by atoms with Gasteiger partial charge in [0.15, 0.2) is 0 Å². The molecule has 0 aliphatic rings. The molecule has 0 aliphatic heterocycles. The van der Waals surface area contributed by atoms with Crippen molar-refractivity contribution in [2.24, 2.45) is 0 Å². The van der Waals surface area contributed by atoms with E-state index in [4.69, 9.17) is 4.42 Å². The van der Waals surface area contributed by atoms with Gasteiger partial charge in [0, 0.05) is 12.6 Å². The Kier molecular flexibility index (Phi) is 5.59. The van der Waals surface area contributed by atoms with E-state index in [-0.39, 0.29) is 5.91 Å². The van der Waals surface area contributed by atoms with Crippen LogP contribution in [0.4, 0.5) is 0 Å². The van der Waals surface area contributed by atoms with Gasteiger partial charge in [-0.3, -0.25) is 4.79 Å². The second kappa shape index (κ2) is 7.90. The monoisotopic (exact) mass is 281 g/mol. The molecule has 0 unspecified atom stereocenters. The summed E-state index contributed by atoms with van der Waals surface area (Å²) in [6.45, 7) is 2.93. The van der Waals surface area contributed by atoms with Crippen LogP contribution in [-0.2, 0) is 17.9 Å². The van der Waals surface area contributed by atoms with Crippen LogP contribution in [-0.4, -0.2) is 10.8 Å². The Hall–Kier alpha value is -2.55. The summed E-state index contributed by atoms with van der Waals surface area (Å²) >= 11 is 0. The molecule has 0 aliphatic carbocycles. The lowest BCUT2D eigenvalue weighted by Crippen LogP contribution is -2.28. The Morgan fingerprint density at radius 2 is 1.90 bits per heavy atom. The summed E-state index contributed by atoms with van der Waals surface area (Å²) in [6, 6.07) is 13.6. The quantitative estimate of drug-likeness (QED) is 0.593. The molecule has 0 N–H and O–H groups in total. The maximum atomic E-state index is 12.3. The van der Waals surface area contributed by atoms with E-state index in [1.54, 1.807) is 23.3 Å². The summed E-state index contributed by atoms with van der Waals surface area (Å²) in [5.41, 5.74) is 1.09. The van der Waals surface area contributed by atoms with Crippen molar-refractivity contribution in [3.8, 4) is 0 Å². The first-order valence-corrected chi connectivity index (χ1v) is 6.94. The minimum atomic E-state index is -0.0339. The van der Waals surface area contributed by atoms with Gasteiger partial charge >= 0.3 is 0 Å². The highest BCUT2D eigenvalue weighted by atomic mass is 16.3. The fraction of sp³-hybridized carbons (Fsp3) is 0.167. The Morgan fingerprint density at radius 1 is 1.10 bits per heavy atom. The number of carbonyl (C=O) groups is 1. The molecule has 1 aromatic heterocycles. The van der Waals surface area contributed by atoms with Crippen LogP contribution in [0, 0.1) is 0 Å². The molecule has 0 bridgehead atoms. The van der Waals surface area contributed by atoms with Gasteiger partial charge in [0.1, 0.15) is 5.76 Å². The molecule has 3 heteroatoms. The van der Waals surface area contributed by atoms with Crippen LogP contribution in [0.1, 0.15) is 18.2 Å². The van der Waals surface area contributed by atoms with Crippen LogP contribution in [0.15, 0.2) is 77.4 Å². The predicted molar refractivity (Wildman–Crippen MR) is 83.4 cm³/mol. The minimum Gasteiger partial charge on any atom is -0.467 e. The van der Waals surface area contributed by atoms with Gasteiger partial charge in [-0.15, -0.1) is 0 Å². The highest BCUT2D eigenvalue weighted by Gasteiger charge is 2.13. The zero-order valence-electron chi connectivity index (χ0n) is 12.1. The standard InChI is InChI=1S/C18H19NO2/c1-2-3-5-12-18(20)19(15-17-11-8-13-21-17)14-16-9-6-4-7-10-16/h2-13H,14-15H2,1H3/b3-2+,12-5+. The zero-order chi connectivity index (χ0) is 14.9. The Bertz CT molecular complexity index is 597. The van der Waals surface area contributed by atoms with Crippen molar-refractivity contribution in [2.75, 3.05) is 0 Å². The van der Waals surface area contributed by atoms with Crippen molar-refractivity contribution in [1.82, 2.24) is 4.90 Å². The molecule has 0 atom stereocenters. The molecule has 3 nitrogen and oxygen atoms in total. The van der Waals surface area contributed by atoms with Crippen molar-refractivity contribution in [3.05, 3.63) is 84.4 Å². The smallest absolute Gasteiger partial charge is 0.247 e. The van der Waals surface area contributed by atoms with Crippen LogP contribution in [0.2, 0.25) is 0 Å².